The molecule has 0 saturated heterocycles. The van der Waals surface area contributed by atoms with Gasteiger partial charge in [-0.1, -0.05) is 6.92 Å². The number of alkyl halides is 1. The van der Waals surface area contributed by atoms with Crippen molar-refractivity contribution in [3.63, 3.8) is 0 Å². The molecule has 1 atom stereocenters. The third-order valence-corrected chi connectivity index (χ3v) is 1.69. The first-order chi connectivity index (χ1) is 5.29. The number of hydrazone groups is 1. The lowest BCUT2D eigenvalue weighted by molar-refractivity contribution is 0.0180. The molecule has 0 fully saturated rings. The van der Waals surface area contributed by atoms with E-state index >= 15 is 0 Å². The number of rotatable bonds is 3. The molecule has 4 heteroatoms. The van der Waals surface area contributed by atoms with Crippen molar-refractivity contribution in [1.82, 2.24) is 9.91 Å². The Hall–Kier alpha value is -0.800. The van der Waals surface area contributed by atoms with Crippen molar-refractivity contribution in [2.24, 2.45) is 5.10 Å². The minimum Gasteiger partial charge on any atom is -0.313 e. The summed E-state index contributed by atoms with van der Waals surface area (Å²) in [5, 5.41) is 5.38. The summed E-state index contributed by atoms with van der Waals surface area (Å²) in [4.78, 5) is 1.57. The van der Waals surface area contributed by atoms with Gasteiger partial charge in [0.1, 0.15) is 6.34 Å². The smallest absolute Gasteiger partial charge is 0.265 e. The summed E-state index contributed by atoms with van der Waals surface area (Å²) in [6.45, 7) is 5.28. The average Bonchev–Trinajstić information content (AvgIpc) is 2.34. The lowest BCUT2D eigenvalue weighted by atomic mass is 10.5. The molecule has 0 aromatic heterocycles. The summed E-state index contributed by atoms with van der Waals surface area (Å²) in [5.74, 6) is 0. The quantitative estimate of drug-likeness (QED) is 0.577. The normalized spacial score (nSPS) is 23.4. The van der Waals surface area contributed by atoms with Crippen LogP contribution in [-0.2, 0) is 0 Å². The minimum absolute atomic E-state index is 0.672. The van der Waals surface area contributed by atoms with E-state index in [4.69, 9.17) is 0 Å². The summed E-state index contributed by atoms with van der Waals surface area (Å²) in [7, 11) is 0. The summed E-state index contributed by atoms with van der Waals surface area (Å²) in [6, 6.07) is 0. The molecule has 0 amide bonds. The van der Waals surface area contributed by atoms with Crippen LogP contribution in [0.1, 0.15) is 20.3 Å². The second-order valence-electron chi connectivity index (χ2n) is 2.54. The van der Waals surface area contributed by atoms with Crippen LogP contribution in [0, 0.1) is 0 Å². The van der Waals surface area contributed by atoms with Gasteiger partial charge in [-0.2, -0.15) is 9.49 Å². The molecular weight excluding hydrogens is 145 g/mol. The maximum atomic E-state index is 13.2. The molecule has 0 saturated carbocycles. The van der Waals surface area contributed by atoms with Crippen LogP contribution >= 0.6 is 0 Å². The highest BCUT2D eigenvalue weighted by Crippen LogP contribution is 2.12. The third kappa shape index (κ3) is 1.61. The molecule has 0 aromatic carbocycles. The number of hydrogen-bond donors (Lipinski definition) is 0. The van der Waals surface area contributed by atoms with E-state index in [0.717, 1.165) is 6.42 Å². The molecule has 0 spiro atoms. The van der Waals surface area contributed by atoms with Gasteiger partial charge in [0.25, 0.3) is 6.42 Å². The first-order valence-electron chi connectivity index (χ1n) is 4.00. The van der Waals surface area contributed by atoms with Crippen LogP contribution in [0.5, 0.6) is 0 Å². The highest BCUT2D eigenvalue weighted by atomic mass is 19.1. The zero-order valence-electron chi connectivity index (χ0n) is 7.00. The summed E-state index contributed by atoms with van der Waals surface area (Å²) >= 11 is 0. The Labute approximate surface area is 66.5 Å². The summed E-state index contributed by atoms with van der Waals surface area (Å²) < 4.78 is 13.2. The van der Waals surface area contributed by atoms with Gasteiger partial charge in [-0.25, -0.2) is 5.01 Å². The molecule has 0 N–H and O–H groups in total. The van der Waals surface area contributed by atoms with E-state index in [-0.39, 0.29) is 0 Å². The molecule has 1 aliphatic rings. The number of hydrogen-bond acceptors (Lipinski definition) is 3. The van der Waals surface area contributed by atoms with Crippen molar-refractivity contribution in [3.05, 3.63) is 0 Å². The highest BCUT2D eigenvalue weighted by molar-refractivity contribution is 5.56. The number of halogens is 1. The first kappa shape index (κ1) is 8.30. The molecule has 1 heterocycles. The molecule has 0 radical (unpaired) electrons. The van der Waals surface area contributed by atoms with Crippen molar-refractivity contribution in [2.45, 2.75) is 26.7 Å². The van der Waals surface area contributed by atoms with E-state index < -0.39 is 6.42 Å². The van der Waals surface area contributed by atoms with Crippen LogP contribution in [0.15, 0.2) is 5.10 Å². The van der Waals surface area contributed by atoms with Crippen molar-refractivity contribution in [3.8, 4) is 0 Å². The van der Waals surface area contributed by atoms with Crippen LogP contribution < -0.4 is 0 Å². The Balaban J connectivity index is 2.42. The van der Waals surface area contributed by atoms with Gasteiger partial charge < -0.3 is 4.90 Å². The van der Waals surface area contributed by atoms with Crippen LogP contribution in [0.3, 0.4) is 0 Å². The Morgan fingerprint density at radius 1 is 1.55 bits per heavy atom. The average molecular weight is 159 g/mol. The van der Waals surface area contributed by atoms with E-state index in [1.165, 1.54) is 5.01 Å². The van der Waals surface area contributed by atoms with Gasteiger partial charge in [0.15, 0.2) is 0 Å². The largest absolute Gasteiger partial charge is 0.313 e. The van der Waals surface area contributed by atoms with Gasteiger partial charge in [-0.3, -0.25) is 0 Å². The molecule has 0 aliphatic carbocycles. The molecule has 1 unspecified atom stereocenters. The molecule has 0 aromatic rings. The van der Waals surface area contributed by atoms with Gasteiger partial charge in [0.05, 0.1) is 0 Å². The maximum Gasteiger partial charge on any atom is 0.265 e. The van der Waals surface area contributed by atoms with Crippen LogP contribution in [0.2, 0.25) is 0 Å². The fourth-order valence-electron chi connectivity index (χ4n) is 1.04. The van der Waals surface area contributed by atoms with Crippen molar-refractivity contribution in [1.29, 1.82) is 0 Å². The van der Waals surface area contributed by atoms with Crippen LogP contribution in [-0.4, -0.2) is 35.8 Å². The van der Waals surface area contributed by atoms with E-state index in [0.29, 0.717) is 13.1 Å². The van der Waals surface area contributed by atoms with Gasteiger partial charge >= 0.3 is 0 Å². The molecule has 64 valence electrons. The number of nitrogens with zero attached hydrogens (tertiary/aromatic N) is 3. The highest BCUT2D eigenvalue weighted by Gasteiger charge is 2.24. The van der Waals surface area contributed by atoms with Gasteiger partial charge in [0, 0.05) is 13.1 Å². The van der Waals surface area contributed by atoms with Gasteiger partial charge in [-0.05, 0) is 13.3 Å². The van der Waals surface area contributed by atoms with Crippen molar-refractivity contribution < 1.29 is 4.39 Å². The fourth-order valence-corrected chi connectivity index (χ4v) is 1.04. The Kier molecular flexibility index (Phi) is 2.68. The second-order valence-corrected chi connectivity index (χ2v) is 2.54. The molecule has 1 rings (SSSR count). The van der Waals surface area contributed by atoms with E-state index in [2.05, 4.69) is 5.10 Å². The molecule has 3 nitrogen and oxygen atoms in total. The molecule has 1 aliphatic heterocycles. The summed E-state index contributed by atoms with van der Waals surface area (Å²) in [5.41, 5.74) is 0. The summed E-state index contributed by atoms with van der Waals surface area (Å²) in [6.07, 6.45) is 1.44. The molecule has 0 bridgehead atoms. The zero-order valence-corrected chi connectivity index (χ0v) is 7.00. The Morgan fingerprint density at radius 3 is 2.73 bits per heavy atom. The first-order valence-corrected chi connectivity index (χ1v) is 4.00. The predicted octanol–water partition coefficient (Wildman–Crippen LogP) is 1.23. The van der Waals surface area contributed by atoms with E-state index in [9.17, 15) is 4.39 Å². The molecular formula is C7H14FN3. The SMILES string of the molecule is CCCN1N=CN(CC)C1F. The second kappa shape index (κ2) is 3.55. The van der Waals surface area contributed by atoms with Crippen LogP contribution in [0.25, 0.3) is 0 Å². The fraction of sp³-hybridized carbons (Fsp3) is 0.857. The Bertz CT molecular complexity index is 149. The third-order valence-electron chi connectivity index (χ3n) is 1.69. The topological polar surface area (TPSA) is 18.8 Å². The van der Waals surface area contributed by atoms with Crippen molar-refractivity contribution in [2.75, 3.05) is 13.1 Å². The minimum atomic E-state index is -1.04. The van der Waals surface area contributed by atoms with Crippen molar-refractivity contribution >= 4 is 6.34 Å². The van der Waals surface area contributed by atoms with Gasteiger partial charge in [-0.15, -0.1) is 0 Å². The lowest BCUT2D eigenvalue weighted by Crippen LogP contribution is -2.35. The predicted molar refractivity (Wildman–Crippen MR) is 42.8 cm³/mol. The zero-order chi connectivity index (χ0) is 8.27. The molecule has 11 heavy (non-hydrogen) atoms. The van der Waals surface area contributed by atoms with E-state index in [1.807, 2.05) is 13.8 Å². The standard InChI is InChI=1S/C7H14FN3/c1-3-5-11-7(8)10(4-2)6-9-11/h6-7H,3-5H2,1-2H3. The maximum absolute atomic E-state index is 13.2. The monoisotopic (exact) mass is 159 g/mol. The lowest BCUT2D eigenvalue weighted by Gasteiger charge is -2.21. The van der Waals surface area contributed by atoms with Crippen LogP contribution in [0.4, 0.5) is 4.39 Å². The van der Waals surface area contributed by atoms with Gasteiger partial charge in [0.2, 0.25) is 0 Å². The Morgan fingerprint density at radius 2 is 2.27 bits per heavy atom. The van der Waals surface area contributed by atoms with E-state index in [1.54, 1.807) is 11.2 Å².